The zero-order chi connectivity index (χ0) is 22.2. The maximum atomic E-state index is 5.71. The number of rotatable bonds is 7. The van der Waals surface area contributed by atoms with Crippen LogP contribution in [-0.4, -0.2) is 79.8 Å². The van der Waals surface area contributed by atoms with E-state index in [-0.39, 0.29) is 5.54 Å². The van der Waals surface area contributed by atoms with E-state index in [2.05, 4.69) is 58.5 Å². The quantitative estimate of drug-likeness (QED) is 0.503. The molecular formula is C26H43N5O. The van der Waals surface area contributed by atoms with Gasteiger partial charge in [0.15, 0.2) is 5.96 Å². The second kappa shape index (κ2) is 11.5. The fourth-order valence-electron chi connectivity index (χ4n) is 5.52. The molecule has 0 saturated carbocycles. The topological polar surface area (TPSA) is 52.1 Å². The van der Waals surface area contributed by atoms with Gasteiger partial charge in [-0.1, -0.05) is 24.3 Å². The van der Waals surface area contributed by atoms with Gasteiger partial charge in [0.2, 0.25) is 0 Å². The number of nitrogens with zero attached hydrogens (tertiary/aromatic N) is 3. The van der Waals surface area contributed by atoms with Crippen molar-refractivity contribution in [1.82, 2.24) is 20.4 Å². The first-order valence-corrected chi connectivity index (χ1v) is 12.8. The minimum atomic E-state index is 0.189. The normalized spacial score (nSPS) is 23.4. The molecule has 178 valence electrons. The van der Waals surface area contributed by atoms with Gasteiger partial charge in [-0.15, -0.1) is 0 Å². The van der Waals surface area contributed by atoms with Crippen LogP contribution in [0.1, 0.15) is 56.6 Å². The van der Waals surface area contributed by atoms with Crippen LogP contribution in [-0.2, 0) is 11.3 Å². The number of hydrogen-bond donors (Lipinski definition) is 2. The summed E-state index contributed by atoms with van der Waals surface area (Å²) in [4.78, 5) is 10.4. The van der Waals surface area contributed by atoms with Gasteiger partial charge in [0.25, 0.3) is 0 Å². The molecule has 6 heteroatoms. The molecular weight excluding hydrogens is 398 g/mol. The van der Waals surface area contributed by atoms with E-state index in [0.717, 1.165) is 64.7 Å². The number of piperidine rings is 1. The molecule has 0 bridgehead atoms. The minimum absolute atomic E-state index is 0.189. The van der Waals surface area contributed by atoms with Crippen molar-refractivity contribution in [3.05, 3.63) is 35.4 Å². The van der Waals surface area contributed by atoms with Crippen molar-refractivity contribution in [2.75, 3.05) is 52.5 Å². The van der Waals surface area contributed by atoms with Gasteiger partial charge in [0.05, 0.1) is 6.54 Å². The van der Waals surface area contributed by atoms with Gasteiger partial charge in [0, 0.05) is 51.0 Å². The van der Waals surface area contributed by atoms with E-state index in [0.29, 0.717) is 6.04 Å². The van der Waals surface area contributed by atoms with Crippen molar-refractivity contribution < 1.29 is 4.74 Å². The van der Waals surface area contributed by atoms with Crippen molar-refractivity contribution in [3.8, 4) is 0 Å². The molecule has 0 aliphatic carbocycles. The first-order valence-electron chi connectivity index (χ1n) is 12.8. The van der Waals surface area contributed by atoms with Crippen molar-refractivity contribution in [3.63, 3.8) is 0 Å². The summed E-state index contributed by atoms with van der Waals surface area (Å²) in [5.41, 5.74) is 3.04. The third-order valence-electron chi connectivity index (χ3n) is 7.66. The summed E-state index contributed by atoms with van der Waals surface area (Å²) in [6, 6.07) is 9.27. The van der Waals surface area contributed by atoms with Crippen molar-refractivity contribution in [1.29, 1.82) is 0 Å². The second-order valence-corrected chi connectivity index (χ2v) is 9.85. The molecule has 32 heavy (non-hydrogen) atoms. The van der Waals surface area contributed by atoms with E-state index >= 15 is 0 Å². The number of aliphatic imine (C=N–C) groups is 1. The van der Waals surface area contributed by atoms with Crippen LogP contribution < -0.4 is 10.6 Å². The zero-order valence-electron chi connectivity index (χ0n) is 20.2. The van der Waals surface area contributed by atoms with Crippen LogP contribution in [0.4, 0.5) is 0 Å². The predicted octanol–water partition coefficient (Wildman–Crippen LogP) is 3.16. The van der Waals surface area contributed by atoms with E-state index in [1.165, 1.54) is 49.9 Å². The highest BCUT2D eigenvalue weighted by Crippen LogP contribution is 2.31. The summed E-state index contributed by atoms with van der Waals surface area (Å²) in [5, 5.41) is 7.27. The number of ether oxygens (including phenoxy) is 1. The Balaban J connectivity index is 1.32. The first kappa shape index (κ1) is 23.5. The second-order valence-electron chi connectivity index (χ2n) is 9.85. The highest BCUT2D eigenvalue weighted by atomic mass is 16.5. The number of aryl methyl sites for hydroxylation is 1. The maximum absolute atomic E-state index is 5.71. The Kier molecular flexibility index (Phi) is 8.44. The molecule has 1 aromatic carbocycles. The van der Waals surface area contributed by atoms with E-state index < -0.39 is 0 Å². The van der Waals surface area contributed by atoms with Crippen LogP contribution >= 0.6 is 0 Å². The summed E-state index contributed by atoms with van der Waals surface area (Å²) in [6.45, 7) is 13.7. The van der Waals surface area contributed by atoms with Gasteiger partial charge in [-0.3, -0.25) is 14.8 Å². The van der Waals surface area contributed by atoms with Gasteiger partial charge in [-0.05, 0) is 76.6 Å². The van der Waals surface area contributed by atoms with Crippen molar-refractivity contribution in [2.45, 2.75) is 70.5 Å². The summed E-state index contributed by atoms with van der Waals surface area (Å²) in [5.74, 6) is 0.995. The zero-order valence-corrected chi connectivity index (χ0v) is 20.2. The molecule has 3 aliphatic rings. The Labute approximate surface area is 194 Å². The standard InChI is InChI=1S/C26H43N5O/c1-3-27-25(28-21-26(12-18-32-19-13-26)31-14-6-7-15-31)29-24-10-16-30(17-11-24)20-23-9-5-4-8-22(23)2/h4-5,8-9,24H,3,6-7,10-21H2,1-2H3,(H2,27,28,29). The lowest BCUT2D eigenvalue weighted by atomic mass is 9.88. The fourth-order valence-corrected chi connectivity index (χ4v) is 5.52. The van der Waals surface area contributed by atoms with Gasteiger partial charge in [0.1, 0.15) is 0 Å². The van der Waals surface area contributed by atoms with Gasteiger partial charge in [-0.2, -0.15) is 0 Å². The largest absolute Gasteiger partial charge is 0.381 e. The van der Waals surface area contributed by atoms with Crippen molar-refractivity contribution >= 4 is 5.96 Å². The third-order valence-corrected chi connectivity index (χ3v) is 7.66. The van der Waals surface area contributed by atoms with E-state index in [9.17, 15) is 0 Å². The van der Waals surface area contributed by atoms with Crippen LogP contribution in [0.5, 0.6) is 0 Å². The SMILES string of the molecule is CCNC(=NCC1(N2CCCC2)CCOCC1)NC1CCN(Cc2ccccc2C)CC1. The molecule has 3 fully saturated rings. The molecule has 0 spiro atoms. The molecule has 2 N–H and O–H groups in total. The molecule has 3 aliphatic heterocycles. The number of benzene rings is 1. The lowest BCUT2D eigenvalue weighted by Crippen LogP contribution is -2.54. The Hall–Kier alpha value is -1.63. The number of likely N-dealkylation sites (tertiary alicyclic amines) is 2. The fraction of sp³-hybridized carbons (Fsp3) is 0.731. The van der Waals surface area contributed by atoms with Crippen LogP contribution in [0, 0.1) is 6.92 Å². The van der Waals surface area contributed by atoms with E-state index in [1.807, 2.05) is 0 Å². The molecule has 0 aromatic heterocycles. The Morgan fingerprint density at radius 2 is 1.81 bits per heavy atom. The minimum Gasteiger partial charge on any atom is -0.381 e. The number of nitrogens with one attached hydrogen (secondary N) is 2. The van der Waals surface area contributed by atoms with Crippen LogP contribution in [0.25, 0.3) is 0 Å². The Bertz CT molecular complexity index is 731. The molecule has 0 unspecified atom stereocenters. The molecule has 3 heterocycles. The lowest BCUT2D eigenvalue weighted by molar-refractivity contribution is -0.0139. The monoisotopic (exact) mass is 441 g/mol. The van der Waals surface area contributed by atoms with Crippen molar-refractivity contribution in [2.24, 2.45) is 4.99 Å². The lowest BCUT2D eigenvalue weighted by Gasteiger charge is -2.43. The molecule has 6 nitrogen and oxygen atoms in total. The molecule has 1 aromatic rings. The van der Waals surface area contributed by atoms with Crippen LogP contribution in [0.3, 0.4) is 0 Å². The maximum Gasteiger partial charge on any atom is 0.191 e. The summed E-state index contributed by atoms with van der Waals surface area (Å²) < 4.78 is 5.71. The average molecular weight is 442 g/mol. The first-order chi connectivity index (χ1) is 15.7. The molecule has 3 saturated heterocycles. The number of hydrogen-bond acceptors (Lipinski definition) is 4. The summed E-state index contributed by atoms with van der Waals surface area (Å²) in [7, 11) is 0. The Morgan fingerprint density at radius 3 is 2.50 bits per heavy atom. The summed E-state index contributed by atoms with van der Waals surface area (Å²) >= 11 is 0. The highest BCUT2D eigenvalue weighted by molar-refractivity contribution is 5.80. The highest BCUT2D eigenvalue weighted by Gasteiger charge is 2.39. The molecule has 4 rings (SSSR count). The average Bonchev–Trinajstić information content (AvgIpc) is 3.37. The summed E-state index contributed by atoms with van der Waals surface area (Å²) in [6.07, 6.45) is 7.20. The van der Waals surface area contributed by atoms with Gasteiger partial charge >= 0.3 is 0 Å². The molecule has 0 amide bonds. The van der Waals surface area contributed by atoms with Gasteiger partial charge in [-0.25, -0.2) is 0 Å². The smallest absolute Gasteiger partial charge is 0.191 e. The van der Waals surface area contributed by atoms with Crippen LogP contribution in [0.15, 0.2) is 29.3 Å². The Morgan fingerprint density at radius 1 is 1.09 bits per heavy atom. The molecule has 0 radical (unpaired) electrons. The number of guanidine groups is 1. The predicted molar refractivity (Wildman–Crippen MR) is 132 cm³/mol. The molecule has 0 atom stereocenters. The van der Waals surface area contributed by atoms with E-state index in [4.69, 9.17) is 9.73 Å². The van der Waals surface area contributed by atoms with E-state index in [1.54, 1.807) is 0 Å². The third kappa shape index (κ3) is 6.03. The van der Waals surface area contributed by atoms with Gasteiger partial charge < -0.3 is 15.4 Å². The van der Waals surface area contributed by atoms with Crippen LogP contribution in [0.2, 0.25) is 0 Å².